The number of rotatable bonds is 4. The molecule has 0 saturated carbocycles. The van der Waals surface area contributed by atoms with Gasteiger partial charge in [-0.15, -0.1) is 0 Å². The zero-order valence-corrected chi connectivity index (χ0v) is 15.2. The maximum atomic E-state index is 13.9. The SMILES string of the molecule is COc1ccc(SC2NC(c3c(C)nc4c(F)cccn34)=CS2)cn1. The molecule has 4 rings (SSSR count). The zero-order chi connectivity index (χ0) is 17.4. The molecular formula is C17H15FN4OS2. The molecular weight excluding hydrogens is 359 g/mol. The van der Waals surface area contributed by atoms with Crippen LogP contribution in [0.4, 0.5) is 4.39 Å². The lowest BCUT2D eigenvalue weighted by molar-refractivity contribution is 0.397. The lowest BCUT2D eigenvalue weighted by Gasteiger charge is -2.13. The second-order valence-electron chi connectivity index (χ2n) is 5.39. The van der Waals surface area contributed by atoms with Crippen LogP contribution in [-0.2, 0) is 0 Å². The minimum Gasteiger partial charge on any atom is -0.481 e. The Morgan fingerprint density at radius 2 is 2.24 bits per heavy atom. The highest BCUT2D eigenvalue weighted by atomic mass is 32.2. The summed E-state index contributed by atoms with van der Waals surface area (Å²) in [6.45, 7) is 1.89. The van der Waals surface area contributed by atoms with Crippen molar-refractivity contribution in [2.75, 3.05) is 7.11 Å². The van der Waals surface area contributed by atoms with E-state index in [1.165, 1.54) is 6.07 Å². The van der Waals surface area contributed by atoms with E-state index in [4.69, 9.17) is 4.74 Å². The quantitative estimate of drug-likeness (QED) is 0.748. The molecule has 0 fully saturated rings. The van der Waals surface area contributed by atoms with E-state index in [-0.39, 0.29) is 10.5 Å². The number of hydrogen-bond donors (Lipinski definition) is 1. The lowest BCUT2D eigenvalue weighted by atomic mass is 10.3. The number of nitrogens with one attached hydrogen (secondary N) is 1. The van der Waals surface area contributed by atoms with Gasteiger partial charge in [-0.2, -0.15) is 0 Å². The Hall–Kier alpha value is -2.19. The number of hydrogen-bond acceptors (Lipinski definition) is 6. The topological polar surface area (TPSA) is 51.5 Å². The number of aromatic nitrogens is 3. The van der Waals surface area contributed by atoms with Gasteiger partial charge in [-0.3, -0.25) is 4.40 Å². The molecule has 0 radical (unpaired) electrons. The third-order valence-electron chi connectivity index (χ3n) is 3.78. The summed E-state index contributed by atoms with van der Waals surface area (Å²) in [5.41, 5.74) is 2.97. The monoisotopic (exact) mass is 374 g/mol. The molecule has 1 unspecified atom stereocenters. The lowest BCUT2D eigenvalue weighted by Crippen LogP contribution is -2.17. The van der Waals surface area contributed by atoms with Crippen molar-refractivity contribution in [3.63, 3.8) is 0 Å². The first-order valence-corrected chi connectivity index (χ1v) is 9.40. The molecule has 3 aromatic rings. The molecule has 1 aliphatic rings. The fraction of sp³-hybridized carbons (Fsp3) is 0.176. The van der Waals surface area contributed by atoms with Gasteiger partial charge in [0.15, 0.2) is 11.5 Å². The highest BCUT2D eigenvalue weighted by Gasteiger charge is 2.23. The predicted octanol–water partition coefficient (Wildman–Crippen LogP) is 3.90. The molecule has 0 spiro atoms. The molecule has 3 aromatic heterocycles. The standard InChI is InChI=1S/C17H15FN4OS2/c1-10-15(22-7-3-4-12(18)16(22)20-10)13-9-24-17(21-13)25-11-5-6-14(23-2)19-8-11/h3-9,17,21H,1-2H3. The molecule has 25 heavy (non-hydrogen) atoms. The summed E-state index contributed by atoms with van der Waals surface area (Å²) < 4.78 is 20.9. The van der Waals surface area contributed by atoms with Crippen molar-refractivity contribution in [2.24, 2.45) is 0 Å². The maximum Gasteiger partial charge on any atom is 0.212 e. The Bertz CT molecular complexity index is 955. The summed E-state index contributed by atoms with van der Waals surface area (Å²) in [6.07, 6.45) is 3.62. The molecule has 1 atom stereocenters. The fourth-order valence-electron chi connectivity index (χ4n) is 2.66. The fourth-order valence-corrected chi connectivity index (χ4v) is 4.71. The summed E-state index contributed by atoms with van der Waals surface area (Å²) in [5.74, 6) is 0.275. The van der Waals surface area contributed by atoms with Gasteiger partial charge in [0.05, 0.1) is 24.2 Å². The van der Waals surface area contributed by atoms with Crippen molar-refractivity contribution in [3.8, 4) is 5.88 Å². The molecule has 0 saturated heterocycles. The minimum atomic E-state index is -0.321. The van der Waals surface area contributed by atoms with E-state index in [1.807, 2.05) is 25.3 Å². The van der Waals surface area contributed by atoms with Crippen LogP contribution in [0.3, 0.4) is 0 Å². The third-order valence-corrected chi connectivity index (χ3v) is 5.98. The smallest absolute Gasteiger partial charge is 0.212 e. The number of pyridine rings is 2. The molecule has 0 aliphatic carbocycles. The van der Waals surface area contributed by atoms with Crippen molar-refractivity contribution in [2.45, 2.75) is 16.5 Å². The van der Waals surface area contributed by atoms with Crippen molar-refractivity contribution < 1.29 is 9.13 Å². The van der Waals surface area contributed by atoms with Crippen LogP contribution in [0.5, 0.6) is 5.88 Å². The van der Waals surface area contributed by atoms with Crippen LogP contribution >= 0.6 is 23.5 Å². The average molecular weight is 374 g/mol. The van der Waals surface area contributed by atoms with E-state index in [0.717, 1.165) is 22.0 Å². The number of imidazole rings is 1. The number of methoxy groups -OCH3 is 1. The number of ether oxygens (including phenoxy) is 1. The van der Waals surface area contributed by atoms with Crippen LogP contribution in [0.15, 0.2) is 47.0 Å². The molecule has 0 bridgehead atoms. The number of aryl methyl sites for hydroxylation is 1. The van der Waals surface area contributed by atoms with Gasteiger partial charge in [0, 0.05) is 23.4 Å². The number of thioether (sulfide) groups is 2. The second-order valence-corrected chi connectivity index (χ2v) is 7.85. The van der Waals surface area contributed by atoms with E-state index in [2.05, 4.69) is 20.7 Å². The minimum absolute atomic E-state index is 0.115. The summed E-state index contributed by atoms with van der Waals surface area (Å²) in [6, 6.07) is 6.93. The van der Waals surface area contributed by atoms with Crippen LogP contribution in [-0.4, -0.2) is 26.2 Å². The Morgan fingerprint density at radius 3 is 3.00 bits per heavy atom. The van der Waals surface area contributed by atoms with Gasteiger partial charge in [-0.05, 0) is 30.5 Å². The molecule has 1 N–H and O–H groups in total. The van der Waals surface area contributed by atoms with Gasteiger partial charge in [-0.1, -0.05) is 23.5 Å². The summed E-state index contributed by atoms with van der Waals surface area (Å²) in [7, 11) is 1.60. The Morgan fingerprint density at radius 1 is 1.36 bits per heavy atom. The third kappa shape index (κ3) is 3.07. The predicted molar refractivity (Wildman–Crippen MR) is 99.0 cm³/mol. The summed E-state index contributed by atoms with van der Waals surface area (Å²) >= 11 is 3.33. The molecule has 0 aromatic carbocycles. The maximum absolute atomic E-state index is 13.9. The number of nitrogens with zero attached hydrogens (tertiary/aromatic N) is 3. The van der Waals surface area contributed by atoms with Crippen molar-refractivity contribution >= 4 is 34.9 Å². The molecule has 128 valence electrons. The van der Waals surface area contributed by atoms with Gasteiger partial charge < -0.3 is 10.1 Å². The number of halogens is 1. The van der Waals surface area contributed by atoms with Crippen molar-refractivity contribution in [3.05, 3.63) is 59.3 Å². The summed E-state index contributed by atoms with van der Waals surface area (Å²) in [5, 5.41) is 5.52. The average Bonchev–Trinajstić information content (AvgIpc) is 3.20. The molecule has 1 aliphatic heterocycles. The van der Waals surface area contributed by atoms with Crippen molar-refractivity contribution in [1.82, 2.24) is 19.7 Å². The molecule has 4 heterocycles. The first kappa shape index (κ1) is 16.3. The van der Waals surface area contributed by atoms with Crippen LogP contribution in [0.1, 0.15) is 11.4 Å². The highest BCUT2D eigenvalue weighted by Crippen LogP contribution is 2.38. The van der Waals surface area contributed by atoms with E-state index in [9.17, 15) is 4.39 Å². The van der Waals surface area contributed by atoms with Crippen LogP contribution in [0.2, 0.25) is 0 Å². The Kier molecular flexibility index (Phi) is 4.30. The first-order valence-electron chi connectivity index (χ1n) is 7.58. The van der Waals surface area contributed by atoms with Gasteiger partial charge in [0.25, 0.3) is 0 Å². The Balaban J connectivity index is 1.54. The normalized spacial score (nSPS) is 16.8. The van der Waals surface area contributed by atoms with E-state index in [1.54, 1.807) is 47.3 Å². The molecule has 0 amide bonds. The largest absolute Gasteiger partial charge is 0.481 e. The van der Waals surface area contributed by atoms with Crippen molar-refractivity contribution in [1.29, 1.82) is 0 Å². The first-order chi connectivity index (χ1) is 12.2. The zero-order valence-electron chi connectivity index (χ0n) is 13.6. The molecule has 8 heteroatoms. The van der Waals surface area contributed by atoms with Gasteiger partial charge in [-0.25, -0.2) is 14.4 Å². The van der Waals surface area contributed by atoms with E-state index >= 15 is 0 Å². The second kappa shape index (κ2) is 6.61. The van der Waals surface area contributed by atoms with Crippen LogP contribution in [0.25, 0.3) is 11.3 Å². The van der Waals surface area contributed by atoms with Gasteiger partial charge in [0.2, 0.25) is 5.88 Å². The number of fused-ring (bicyclic) bond motifs is 1. The summed E-state index contributed by atoms with van der Waals surface area (Å²) in [4.78, 5) is 9.62. The van der Waals surface area contributed by atoms with Crippen LogP contribution < -0.4 is 10.1 Å². The highest BCUT2D eigenvalue weighted by molar-refractivity contribution is 8.18. The Labute approximate surface area is 152 Å². The van der Waals surface area contributed by atoms with Gasteiger partial charge >= 0.3 is 0 Å². The van der Waals surface area contributed by atoms with Gasteiger partial charge in [0.1, 0.15) is 4.71 Å². The van der Waals surface area contributed by atoms with E-state index < -0.39 is 0 Å². The van der Waals surface area contributed by atoms with Crippen LogP contribution in [0, 0.1) is 12.7 Å². The van der Waals surface area contributed by atoms with E-state index in [0.29, 0.717) is 11.5 Å². The molecule has 5 nitrogen and oxygen atoms in total.